The van der Waals surface area contributed by atoms with Crippen LogP contribution >= 0.6 is 11.3 Å². The molecule has 19 heavy (non-hydrogen) atoms. The van der Waals surface area contributed by atoms with Crippen molar-refractivity contribution in [2.45, 2.75) is 0 Å². The van der Waals surface area contributed by atoms with Gasteiger partial charge in [-0.1, -0.05) is 0 Å². The van der Waals surface area contributed by atoms with E-state index in [4.69, 9.17) is 10.2 Å². The SMILES string of the molecule is NC(=O)c1cc2c(-c3ccc(C=O)o3)cncc2s1. The first-order valence-corrected chi connectivity index (χ1v) is 6.23. The largest absolute Gasteiger partial charge is 0.453 e. The highest BCUT2D eigenvalue weighted by molar-refractivity contribution is 7.20. The quantitative estimate of drug-likeness (QED) is 0.742. The summed E-state index contributed by atoms with van der Waals surface area (Å²) in [6, 6.07) is 4.99. The summed E-state index contributed by atoms with van der Waals surface area (Å²) in [6.45, 7) is 0. The summed E-state index contributed by atoms with van der Waals surface area (Å²) < 4.78 is 6.22. The minimum Gasteiger partial charge on any atom is -0.453 e. The number of carbonyl (C=O) groups excluding carboxylic acids is 2. The maximum Gasteiger partial charge on any atom is 0.258 e. The Balaban J connectivity index is 2.22. The normalized spacial score (nSPS) is 10.7. The third-order valence-electron chi connectivity index (χ3n) is 2.70. The van der Waals surface area contributed by atoms with Gasteiger partial charge < -0.3 is 10.2 Å². The van der Waals surface area contributed by atoms with Gasteiger partial charge in [-0.05, 0) is 18.2 Å². The van der Waals surface area contributed by atoms with Crippen molar-refractivity contribution in [1.29, 1.82) is 0 Å². The van der Waals surface area contributed by atoms with Crippen molar-refractivity contribution >= 4 is 33.6 Å². The molecule has 3 aromatic rings. The van der Waals surface area contributed by atoms with E-state index >= 15 is 0 Å². The number of aromatic nitrogens is 1. The third-order valence-corrected chi connectivity index (χ3v) is 3.78. The van der Waals surface area contributed by atoms with Gasteiger partial charge in [-0.15, -0.1) is 11.3 Å². The summed E-state index contributed by atoms with van der Waals surface area (Å²) in [5.41, 5.74) is 6.00. The van der Waals surface area contributed by atoms with Gasteiger partial charge in [0, 0.05) is 23.3 Å². The lowest BCUT2D eigenvalue weighted by Crippen LogP contribution is -2.08. The summed E-state index contributed by atoms with van der Waals surface area (Å²) in [7, 11) is 0. The third kappa shape index (κ3) is 1.92. The van der Waals surface area contributed by atoms with Crippen molar-refractivity contribution in [2.24, 2.45) is 5.73 Å². The van der Waals surface area contributed by atoms with Crippen LogP contribution in [0.5, 0.6) is 0 Å². The lowest BCUT2D eigenvalue weighted by molar-refractivity contribution is 0.100. The van der Waals surface area contributed by atoms with E-state index < -0.39 is 5.91 Å². The van der Waals surface area contributed by atoms with Crippen molar-refractivity contribution < 1.29 is 14.0 Å². The molecule has 0 atom stereocenters. The van der Waals surface area contributed by atoms with E-state index in [1.54, 1.807) is 30.6 Å². The van der Waals surface area contributed by atoms with Crippen molar-refractivity contribution in [1.82, 2.24) is 4.98 Å². The van der Waals surface area contributed by atoms with Crippen LogP contribution in [0.3, 0.4) is 0 Å². The zero-order chi connectivity index (χ0) is 13.4. The van der Waals surface area contributed by atoms with Crippen molar-refractivity contribution in [3.8, 4) is 11.3 Å². The Morgan fingerprint density at radius 1 is 1.37 bits per heavy atom. The molecule has 0 aromatic carbocycles. The predicted molar refractivity (Wildman–Crippen MR) is 71.2 cm³/mol. The van der Waals surface area contributed by atoms with Crippen LogP contribution < -0.4 is 5.73 Å². The summed E-state index contributed by atoms with van der Waals surface area (Å²) in [5.74, 6) is 0.312. The summed E-state index contributed by atoms with van der Waals surface area (Å²) >= 11 is 1.28. The molecule has 0 aliphatic carbocycles. The Hall–Kier alpha value is -2.47. The number of thiophene rings is 1. The zero-order valence-corrected chi connectivity index (χ0v) is 10.4. The smallest absolute Gasteiger partial charge is 0.258 e. The minimum absolute atomic E-state index is 0.248. The zero-order valence-electron chi connectivity index (χ0n) is 9.62. The Labute approximate surface area is 111 Å². The molecule has 0 radical (unpaired) electrons. The molecule has 0 fully saturated rings. The molecule has 1 amide bonds. The van der Waals surface area contributed by atoms with Crippen molar-refractivity contribution in [3.63, 3.8) is 0 Å². The average Bonchev–Trinajstić information content (AvgIpc) is 3.04. The number of hydrogen-bond donors (Lipinski definition) is 1. The highest BCUT2D eigenvalue weighted by atomic mass is 32.1. The number of fused-ring (bicyclic) bond motifs is 1. The number of rotatable bonds is 3. The van der Waals surface area contributed by atoms with Gasteiger partial charge in [-0.3, -0.25) is 14.6 Å². The summed E-state index contributed by atoms with van der Waals surface area (Å²) in [6.07, 6.45) is 3.94. The van der Waals surface area contributed by atoms with Crippen molar-refractivity contribution in [3.05, 3.63) is 41.2 Å². The van der Waals surface area contributed by atoms with Gasteiger partial charge in [0.2, 0.25) is 0 Å². The number of nitrogens with two attached hydrogens (primary N) is 1. The van der Waals surface area contributed by atoms with E-state index in [1.165, 1.54) is 11.3 Å². The standard InChI is InChI=1S/C13H8N2O3S/c14-13(17)11-3-8-9(4-15-5-12(8)19-11)10-2-1-7(6-16)18-10/h1-6H,(H2,14,17). The lowest BCUT2D eigenvalue weighted by Gasteiger charge is -1.97. The fraction of sp³-hybridized carbons (Fsp3) is 0. The van der Waals surface area contributed by atoms with Gasteiger partial charge in [0.05, 0.1) is 9.58 Å². The molecule has 0 saturated heterocycles. The maximum absolute atomic E-state index is 11.2. The number of pyridine rings is 1. The highest BCUT2D eigenvalue weighted by Gasteiger charge is 2.13. The van der Waals surface area contributed by atoms with E-state index in [1.807, 2.05) is 0 Å². The molecule has 3 aromatic heterocycles. The van der Waals surface area contributed by atoms with Crippen LogP contribution in [0, 0.1) is 0 Å². The minimum atomic E-state index is -0.472. The molecular formula is C13H8N2O3S. The van der Waals surface area contributed by atoms with Crippen LogP contribution in [0.15, 0.2) is 35.0 Å². The Kier molecular flexibility index (Phi) is 2.64. The average molecular weight is 272 g/mol. The molecule has 3 heterocycles. The molecule has 0 unspecified atom stereocenters. The second-order valence-corrected chi connectivity index (χ2v) is 4.98. The van der Waals surface area contributed by atoms with E-state index in [9.17, 15) is 9.59 Å². The number of aldehydes is 1. The fourth-order valence-electron chi connectivity index (χ4n) is 1.84. The van der Waals surface area contributed by atoms with Crippen LogP contribution in [0.1, 0.15) is 20.2 Å². The molecule has 0 aliphatic rings. The topological polar surface area (TPSA) is 86.2 Å². The molecule has 0 spiro atoms. The number of carbonyl (C=O) groups is 2. The Morgan fingerprint density at radius 2 is 2.21 bits per heavy atom. The van der Waals surface area contributed by atoms with Gasteiger partial charge in [0.25, 0.3) is 5.91 Å². The van der Waals surface area contributed by atoms with Crippen LogP contribution in [0.4, 0.5) is 0 Å². The monoisotopic (exact) mass is 272 g/mol. The first kappa shape index (κ1) is 11.6. The molecule has 6 heteroatoms. The molecule has 0 bridgehead atoms. The van der Waals surface area contributed by atoms with Crippen LogP contribution in [0.2, 0.25) is 0 Å². The summed E-state index contributed by atoms with van der Waals surface area (Å²) in [4.78, 5) is 26.4. The van der Waals surface area contributed by atoms with Crippen LogP contribution in [-0.2, 0) is 0 Å². The molecule has 5 nitrogen and oxygen atoms in total. The predicted octanol–water partition coefficient (Wildman–Crippen LogP) is 2.47. The van der Waals surface area contributed by atoms with Crippen molar-refractivity contribution in [2.75, 3.05) is 0 Å². The van der Waals surface area contributed by atoms with E-state index in [0.29, 0.717) is 16.9 Å². The van der Waals surface area contributed by atoms with Gasteiger partial charge in [0.15, 0.2) is 12.0 Å². The van der Waals surface area contributed by atoms with Gasteiger partial charge in [-0.2, -0.15) is 0 Å². The van der Waals surface area contributed by atoms with Crippen LogP contribution in [0.25, 0.3) is 21.4 Å². The van der Waals surface area contributed by atoms with Gasteiger partial charge in [-0.25, -0.2) is 0 Å². The molecule has 2 N–H and O–H groups in total. The molecular weight excluding hydrogens is 264 g/mol. The second-order valence-electron chi connectivity index (χ2n) is 3.89. The Morgan fingerprint density at radius 3 is 2.89 bits per heavy atom. The number of nitrogens with zero attached hydrogens (tertiary/aromatic N) is 1. The number of primary amides is 1. The first-order chi connectivity index (χ1) is 9.19. The molecule has 94 valence electrons. The first-order valence-electron chi connectivity index (χ1n) is 5.42. The lowest BCUT2D eigenvalue weighted by atomic mass is 10.1. The number of amides is 1. The second kappa shape index (κ2) is 4.33. The summed E-state index contributed by atoms with van der Waals surface area (Å²) in [5, 5.41) is 0.834. The maximum atomic E-state index is 11.2. The highest BCUT2D eigenvalue weighted by Crippen LogP contribution is 2.33. The van der Waals surface area contributed by atoms with Gasteiger partial charge >= 0.3 is 0 Å². The number of furan rings is 1. The fourth-order valence-corrected chi connectivity index (χ4v) is 2.75. The molecule has 0 saturated carbocycles. The molecule has 3 rings (SSSR count). The van der Waals surface area contributed by atoms with E-state index in [2.05, 4.69) is 4.98 Å². The van der Waals surface area contributed by atoms with Gasteiger partial charge in [0.1, 0.15) is 5.76 Å². The number of hydrogen-bond acceptors (Lipinski definition) is 5. The Bertz CT molecular complexity index is 788. The van der Waals surface area contributed by atoms with E-state index in [-0.39, 0.29) is 5.76 Å². The molecule has 0 aliphatic heterocycles. The van der Waals surface area contributed by atoms with E-state index in [0.717, 1.165) is 15.6 Å². The van der Waals surface area contributed by atoms with Crippen LogP contribution in [-0.4, -0.2) is 17.2 Å².